The lowest BCUT2D eigenvalue weighted by molar-refractivity contribution is 0.713. The second-order valence-corrected chi connectivity index (χ2v) is 16.7. The van der Waals surface area contributed by atoms with Gasteiger partial charge in [-0.2, -0.15) is 0 Å². The van der Waals surface area contributed by atoms with Gasteiger partial charge in [0.2, 0.25) is 0 Å². The molecule has 0 spiro atoms. The Bertz CT molecular complexity index is 3810. The Labute approximate surface area is 350 Å². The van der Waals surface area contributed by atoms with E-state index in [0.717, 1.165) is 75.8 Å². The summed E-state index contributed by atoms with van der Waals surface area (Å²) in [5, 5.41) is 7.41. The molecule has 0 aliphatic heterocycles. The molecule has 6 heterocycles. The largest absolute Gasteiger partial charge is 0.293 e. The van der Waals surface area contributed by atoms with Gasteiger partial charge >= 0.3 is 0 Å². The number of para-hydroxylation sites is 2. The van der Waals surface area contributed by atoms with Crippen LogP contribution in [0.4, 0.5) is 0 Å². The van der Waals surface area contributed by atoms with Gasteiger partial charge in [-0.15, -0.1) is 0 Å². The summed E-state index contributed by atoms with van der Waals surface area (Å²) in [7, 11) is 0. The number of hydrogen-bond acceptors (Lipinski definition) is 3. The Morgan fingerprint density at radius 1 is 0.443 bits per heavy atom. The Kier molecular flexibility index (Phi) is 6.69. The first-order valence-electron chi connectivity index (χ1n) is 21.3. The smallest absolute Gasteiger partial charge is 0.137 e. The molecule has 0 unspecified atom stereocenters. The van der Waals surface area contributed by atoms with Gasteiger partial charge in [-0.25, -0.2) is 19.6 Å². The van der Waals surface area contributed by atoms with Crippen molar-refractivity contribution < 1.29 is 0 Å². The second-order valence-electron chi connectivity index (χ2n) is 16.7. The molecule has 0 saturated carbocycles. The molecule has 6 aromatic heterocycles. The number of aromatic nitrogens is 6. The summed E-state index contributed by atoms with van der Waals surface area (Å²) in [4.78, 5) is 15.2. The monoisotopic (exact) mass is 780 g/mol. The lowest BCUT2D eigenvalue weighted by atomic mass is 9.74. The number of nitrogens with zero attached hydrogens (tertiary/aromatic N) is 6. The zero-order chi connectivity index (χ0) is 39.8. The topological polar surface area (TPSA) is 53.5 Å². The van der Waals surface area contributed by atoms with Crippen LogP contribution in [-0.2, 0) is 25.7 Å². The van der Waals surface area contributed by atoms with E-state index in [1.807, 2.05) is 12.3 Å². The number of rotatable bonds is 4. The summed E-state index contributed by atoms with van der Waals surface area (Å²) in [6.45, 7) is 0. The average Bonchev–Trinajstić information content (AvgIpc) is 4.05. The quantitative estimate of drug-likeness (QED) is 0.179. The molecule has 6 nitrogen and oxygen atoms in total. The summed E-state index contributed by atoms with van der Waals surface area (Å²) < 4.78 is 7.13. The zero-order valence-corrected chi connectivity index (χ0v) is 33.2. The third kappa shape index (κ3) is 4.70. The molecule has 286 valence electrons. The van der Waals surface area contributed by atoms with E-state index < -0.39 is 0 Å². The minimum absolute atomic E-state index is 0.937. The highest BCUT2D eigenvalue weighted by Gasteiger charge is 2.33. The second kappa shape index (κ2) is 12.4. The first-order valence-corrected chi connectivity index (χ1v) is 21.3. The number of benzene rings is 6. The minimum atomic E-state index is 0.937. The molecule has 0 bridgehead atoms. The standard InChI is InChI=1S/C55H36N6/c1-3-11-45-33(9-1)16-22-47(57-45)35-18-24-49-41(29-35)43-31-37-14-15-38-32-44-42-30-36(48-23-17-34-10-2-4-12-46(34)58-48)19-25-50(42)61(59-27-7-8-28-59)55(44)40-21-20-39(52(37)53(38)40)54(43)60(49)51-13-5-6-26-56-51/h1-13,16-19,22-32H,14-15,20-21H2. The normalized spacial score (nSPS) is 13.3. The van der Waals surface area contributed by atoms with Crippen LogP contribution in [0.5, 0.6) is 0 Å². The molecular weight excluding hydrogens is 745 g/mol. The maximum absolute atomic E-state index is 5.11. The first kappa shape index (κ1) is 33.1. The van der Waals surface area contributed by atoms with Crippen LogP contribution in [0, 0.1) is 0 Å². The molecule has 6 heteroatoms. The van der Waals surface area contributed by atoms with Crippen LogP contribution in [0.15, 0.2) is 170 Å². The van der Waals surface area contributed by atoms with Crippen molar-refractivity contribution in [2.24, 2.45) is 0 Å². The zero-order valence-electron chi connectivity index (χ0n) is 33.2. The number of pyridine rings is 3. The third-order valence-electron chi connectivity index (χ3n) is 13.5. The molecule has 0 atom stereocenters. The summed E-state index contributed by atoms with van der Waals surface area (Å²) in [5.41, 5.74) is 19.8. The third-order valence-corrected chi connectivity index (χ3v) is 13.5. The van der Waals surface area contributed by atoms with Crippen molar-refractivity contribution in [3.8, 4) is 39.5 Å². The summed E-state index contributed by atoms with van der Waals surface area (Å²) in [6.07, 6.45) is 10.1. The molecule has 2 aliphatic carbocycles. The van der Waals surface area contributed by atoms with E-state index in [0.29, 0.717) is 0 Å². The van der Waals surface area contributed by atoms with Gasteiger partial charge in [0.25, 0.3) is 0 Å². The predicted octanol–water partition coefficient (Wildman–Crippen LogP) is 12.7. The van der Waals surface area contributed by atoms with Gasteiger partial charge in [0.1, 0.15) is 5.82 Å². The highest BCUT2D eigenvalue weighted by Crippen LogP contribution is 2.51. The Morgan fingerprint density at radius 2 is 1.02 bits per heavy atom. The van der Waals surface area contributed by atoms with Gasteiger partial charge in [-0.05, 0) is 144 Å². The van der Waals surface area contributed by atoms with Crippen LogP contribution in [0.25, 0.3) is 105 Å². The van der Waals surface area contributed by atoms with Crippen molar-refractivity contribution in [2.45, 2.75) is 25.7 Å². The number of hydrogen-bond donors (Lipinski definition) is 0. The molecular formula is C55H36N6. The highest BCUT2D eigenvalue weighted by atomic mass is 15.4. The van der Waals surface area contributed by atoms with Gasteiger partial charge < -0.3 is 0 Å². The molecule has 14 rings (SSSR count). The lowest BCUT2D eigenvalue weighted by Crippen LogP contribution is -2.17. The molecule has 0 N–H and O–H groups in total. The van der Waals surface area contributed by atoms with Crippen molar-refractivity contribution >= 4 is 65.4 Å². The van der Waals surface area contributed by atoms with Crippen molar-refractivity contribution in [1.29, 1.82) is 0 Å². The van der Waals surface area contributed by atoms with Gasteiger partial charge in [0, 0.05) is 62.0 Å². The lowest BCUT2D eigenvalue weighted by Gasteiger charge is -2.31. The van der Waals surface area contributed by atoms with E-state index in [2.05, 4.69) is 172 Å². The van der Waals surface area contributed by atoms with E-state index in [9.17, 15) is 0 Å². The van der Waals surface area contributed by atoms with Crippen LogP contribution in [0.2, 0.25) is 0 Å². The Hall–Kier alpha value is -7.83. The Morgan fingerprint density at radius 3 is 1.66 bits per heavy atom. The van der Waals surface area contributed by atoms with Crippen LogP contribution < -0.4 is 0 Å². The first-order chi connectivity index (χ1) is 30.2. The van der Waals surface area contributed by atoms with Gasteiger partial charge in [-0.3, -0.25) is 9.24 Å². The van der Waals surface area contributed by atoms with Crippen molar-refractivity contribution in [3.05, 3.63) is 193 Å². The minimum Gasteiger partial charge on any atom is -0.293 e. The Balaban J connectivity index is 1.03. The predicted molar refractivity (Wildman–Crippen MR) is 249 cm³/mol. The van der Waals surface area contributed by atoms with Crippen molar-refractivity contribution in [3.63, 3.8) is 0 Å². The number of fused-ring (bicyclic) bond motifs is 10. The number of aryl methyl sites for hydroxylation is 4. The maximum Gasteiger partial charge on any atom is 0.137 e. The maximum atomic E-state index is 5.11. The molecule has 0 saturated heterocycles. The molecule has 61 heavy (non-hydrogen) atoms. The van der Waals surface area contributed by atoms with Crippen LogP contribution >= 0.6 is 0 Å². The summed E-state index contributed by atoms with van der Waals surface area (Å²) >= 11 is 0. The van der Waals surface area contributed by atoms with Gasteiger partial charge in [0.15, 0.2) is 0 Å². The van der Waals surface area contributed by atoms with E-state index >= 15 is 0 Å². The molecule has 6 aromatic carbocycles. The summed E-state index contributed by atoms with van der Waals surface area (Å²) in [6, 6.07) is 54.7. The molecule has 0 fully saturated rings. The van der Waals surface area contributed by atoms with E-state index in [1.165, 1.54) is 77.0 Å². The van der Waals surface area contributed by atoms with Crippen LogP contribution in [0.3, 0.4) is 0 Å². The molecule has 0 amide bonds. The molecule has 2 aliphatic rings. The summed E-state index contributed by atoms with van der Waals surface area (Å²) in [5.74, 6) is 0.942. The average molecular weight is 781 g/mol. The fourth-order valence-corrected chi connectivity index (χ4v) is 10.8. The van der Waals surface area contributed by atoms with E-state index in [4.69, 9.17) is 15.0 Å². The fraction of sp³-hybridized carbons (Fsp3) is 0.0727. The van der Waals surface area contributed by atoms with Crippen LogP contribution in [-0.4, -0.2) is 28.9 Å². The van der Waals surface area contributed by atoms with Gasteiger partial charge in [-0.1, -0.05) is 66.7 Å². The van der Waals surface area contributed by atoms with Crippen molar-refractivity contribution in [1.82, 2.24) is 28.9 Å². The van der Waals surface area contributed by atoms with Crippen molar-refractivity contribution in [2.75, 3.05) is 0 Å². The van der Waals surface area contributed by atoms with Crippen LogP contribution in [0.1, 0.15) is 22.3 Å². The fourth-order valence-electron chi connectivity index (χ4n) is 10.8. The van der Waals surface area contributed by atoms with E-state index in [-0.39, 0.29) is 0 Å². The van der Waals surface area contributed by atoms with Gasteiger partial charge in [0.05, 0.1) is 44.5 Å². The molecule has 0 radical (unpaired) electrons. The van der Waals surface area contributed by atoms with E-state index in [1.54, 1.807) is 0 Å². The highest BCUT2D eigenvalue weighted by molar-refractivity contribution is 6.16. The molecule has 12 aromatic rings. The SMILES string of the molecule is c1ccc(-n2c3ccc(-c4ccc5ccccc5n4)cc3c3cc4c5c(c32)CCc2c-5c(cc3c5cc(-c6ccc7ccccc7n6)ccc5n(-n5cccc5)c23)CC4)nc1.